The number of carboxylic acids is 1. The molecule has 0 amide bonds. The number of para-hydroxylation sites is 2. The van der Waals surface area contributed by atoms with E-state index in [9.17, 15) is 9.90 Å². The number of rotatable bonds is 2. The number of nitrogens with one attached hydrogen (secondary N) is 2. The van der Waals surface area contributed by atoms with E-state index in [1.807, 2.05) is 61.7 Å². The van der Waals surface area contributed by atoms with Gasteiger partial charge in [0.05, 0.1) is 11.1 Å². The molecule has 23 heavy (non-hydrogen) atoms. The highest BCUT2D eigenvalue weighted by molar-refractivity contribution is 6.18. The van der Waals surface area contributed by atoms with Gasteiger partial charge in [-0.1, -0.05) is 36.4 Å². The van der Waals surface area contributed by atoms with Crippen molar-refractivity contribution in [2.45, 2.75) is 12.5 Å². The van der Waals surface area contributed by atoms with Crippen LogP contribution in [0.15, 0.2) is 60.8 Å². The summed E-state index contributed by atoms with van der Waals surface area (Å²) < 4.78 is 0. The molecule has 3 aromatic rings. The van der Waals surface area contributed by atoms with Gasteiger partial charge in [0, 0.05) is 33.9 Å². The lowest BCUT2D eigenvalue weighted by atomic mass is 9.84. The van der Waals surface area contributed by atoms with Crippen LogP contribution < -0.4 is 5.32 Å². The highest BCUT2D eigenvalue weighted by Crippen LogP contribution is 2.41. The lowest BCUT2D eigenvalue weighted by Crippen LogP contribution is -2.33. The quantitative estimate of drug-likeness (QED) is 0.671. The third kappa shape index (κ3) is 2.03. The monoisotopic (exact) mass is 304 g/mol. The Morgan fingerprint density at radius 1 is 1.09 bits per heavy atom. The Kier molecular flexibility index (Phi) is 2.81. The summed E-state index contributed by atoms with van der Waals surface area (Å²) in [7, 11) is 0. The minimum Gasteiger partial charge on any atom is -0.478 e. The van der Waals surface area contributed by atoms with E-state index in [2.05, 4.69) is 10.3 Å². The van der Waals surface area contributed by atoms with Crippen molar-refractivity contribution in [3.05, 3.63) is 71.9 Å². The van der Waals surface area contributed by atoms with Gasteiger partial charge in [-0.25, -0.2) is 4.79 Å². The summed E-state index contributed by atoms with van der Waals surface area (Å²) in [6.45, 7) is 2.00. The van der Waals surface area contributed by atoms with Crippen LogP contribution >= 0.6 is 0 Å². The molecular formula is C19H16N2O2. The van der Waals surface area contributed by atoms with E-state index in [1.165, 1.54) is 0 Å². The number of H-pyrrole nitrogens is 1. The molecule has 3 N–H and O–H groups in total. The van der Waals surface area contributed by atoms with E-state index in [4.69, 9.17) is 0 Å². The average molecular weight is 304 g/mol. The van der Waals surface area contributed by atoms with Gasteiger partial charge in [-0.05, 0) is 25.1 Å². The number of fused-ring (bicyclic) bond motifs is 2. The average Bonchev–Trinajstić information content (AvgIpc) is 2.99. The lowest BCUT2D eigenvalue weighted by molar-refractivity contribution is -0.130. The second-order valence-corrected chi connectivity index (χ2v) is 5.98. The number of aromatic nitrogens is 1. The SMILES string of the molecule is CC1(c2c[nH]c3ccccc23)C=C(C(=O)O)c2ccccc2N1. The van der Waals surface area contributed by atoms with E-state index in [-0.39, 0.29) is 0 Å². The number of hydrogen-bond donors (Lipinski definition) is 3. The van der Waals surface area contributed by atoms with E-state index in [1.54, 1.807) is 6.08 Å². The Balaban J connectivity index is 1.95. The molecule has 1 aromatic heterocycles. The Bertz CT molecular complexity index is 955. The Hall–Kier alpha value is -3.01. The zero-order valence-corrected chi connectivity index (χ0v) is 12.6. The first-order chi connectivity index (χ1) is 11.1. The standard InChI is InChI=1S/C19H16N2O2/c1-19(15-11-20-16-8-4-3-7-13(15)16)10-14(18(22)23)12-6-2-5-9-17(12)21-19/h2-11,20-21H,1H3,(H,22,23). The minimum atomic E-state index is -0.912. The summed E-state index contributed by atoms with van der Waals surface area (Å²) in [5, 5.41) is 14.2. The second kappa shape index (κ2) is 4.74. The fourth-order valence-electron chi connectivity index (χ4n) is 3.33. The van der Waals surface area contributed by atoms with Gasteiger partial charge in [0.2, 0.25) is 0 Å². The van der Waals surface area contributed by atoms with Crippen LogP contribution in [0.2, 0.25) is 0 Å². The highest BCUT2D eigenvalue weighted by Gasteiger charge is 2.34. The maximum atomic E-state index is 11.7. The van der Waals surface area contributed by atoms with Crippen molar-refractivity contribution in [2.75, 3.05) is 5.32 Å². The van der Waals surface area contributed by atoms with Crippen LogP contribution in [0.25, 0.3) is 16.5 Å². The normalized spacial score (nSPS) is 19.8. The minimum absolute atomic E-state index is 0.326. The predicted molar refractivity (Wildman–Crippen MR) is 91.3 cm³/mol. The van der Waals surface area contributed by atoms with E-state index in [0.29, 0.717) is 5.57 Å². The van der Waals surface area contributed by atoms with Crippen LogP contribution in [-0.4, -0.2) is 16.1 Å². The first-order valence-corrected chi connectivity index (χ1v) is 7.49. The molecule has 2 aromatic carbocycles. The summed E-state index contributed by atoms with van der Waals surface area (Å²) in [6, 6.07) is 15.5. The van der Waals surface area contributed by atoms with Crippen molar-refractivity contribution < 1.29 is 9.90 Å². The van der Waals surface area contributed by atoms with Crippen LogP contribution in [0.3, 0.4) is 0 Å². The maximum absolute atomic E-state index is 11.7. The summed E-state index contributed by atoms with van der Waals surface area (Å²) >= 11 is 0. The molecule has 1 aliphatic rings. The molecule has 4 nitrogen and oxygen atoms in total. The highest BCUT2D eigenvalue weighted by atomic mass is 16.4. The lowest BCUT2D eigenvalue weighted by Gasteiger charge is -2.34. The van der Waals surface area contributed by atoms with E-state index >= 15 is 0 Å². The molecule has 0 radical (unpaired) electrons. The number of aliphatic carboxylic acids is 1. The summed E-state index contributed by atoms with van der Waals surface area (Å²) in [6.07, 6.45) is 3.74. The Morgan fingerprint density at radius 3 is 2.65 bits per heavy atom. The number of carboxylic acid groups (broad SMARTS) is 1. The Morgan fingerprint density at radius 2 is 1.83 bits per heavy atom. The van der Waals surface area contributed by atoms with Gasteiger partial charge < -0.3 is 15.4 Å². The smallest absolute Gasteiger partial charge is 0.336 e. The fourth-order valence-corrected chi connectivity index (χ4v) is 3.33. The Labute approximate surface area is 133 Å². The van der Waals surface area contributed by atoms with Crippen molar-refractivity contribution in [2.24, 2.45) is 0 Å². The van der Waals surface area contributed by atoms with Crippen molar-refractivity contribution >= 4 is 28.1 Å². The van der Waals surface area contributed by atoms with Gasteiger partial charge in [0.25, 0.3) is 0 Å². The van der Waals surface area contributed by atoms with Gasteiger partial charge in [-0.3, -0.25) is 0 Å². The van der Waals surface area contributed by atoms with Crippen LogP contribution in [0.1, 0.15) is 18.1 Å². The summed E-state index contributed by atoms with van der Waals surface area (Å²) in [4.78, 5) is 15.0. The number of aromatic amines is 1. The van der Waals surface area contributed by atoms with Crippen molar-refractivity contribution in [3.63, 3.8) is 0 Å². The first kappa shape index (κ1) is 13.6. The third-order valence-electron chi connectivity index (χ3n) is 4.42. The second-order valence-electron chi connectivity index (χ2n) is 5.98. The molecule has 1 unspecified atom stereocenters. The molecule has 4 rings (SSSR count). The largest absolute Gasteiger partial charge is 0.478 e. The van der Waals surface area contributed by atoms with Crippen LogP contribution in [0.5, 0.6) is 0 Å². The molecule has 0 spiro atoms. The molecule has 0 saturated carbocycles. The molecule has 1 aliphatic heterocycles. The number of anilines is 1. The molecule has 0 saturated heterocycles. The summed E-state index contributed by atoms with van der Waals surface area (Å²) in [5.74, 6) is -0.912. The van der Waals surface area contributed by atoms with Crippen LogP contribution in [0.4, 0.5) is 5.69 Å². The van der Waals surface area contributed by atoms with Gasteiger partial charge in [0.1, 0.15) is 0 Å². The predicted octanol–water partition coefficient (Wildman–Crippen LogP) is 3.98. The van der Waals surface area contributed by atoms with Crippen LogP contribution in [0, 0.1) is 0 Å². The maximum Gasteiger partial charge on any atom is 0.336 e. The molecule has 1 atom stereocenters. The number of hydrogen-bond acceptors (Lipinski definition) is 2. The molecule has 2 heterocycles. The number of benzene rings is 2. The van der Waals surface area contributed by atoms with Crippen LogP contribution in [-0.2, 0) is 10.3 Å². The van der Waals surface area contributed by atoms with Crippen molar-refractivity contribution in [1.82, 2.24) is 4.98 Å². The molecule has 0 fully saturated rings. The number of carbonyl (C=O) groups is 1. The van der Waals surface area contributed by atoms with Crippen molar-refractivity contribution in [3.8, 4) is 0 Å². The van der Waals surface area contributed by atoms with Crippen molar-refractivity contribution in [1.29, 1.82) is 0 Å². The topological polar surface area (TPSA) is 65.1 Å². The van der Waals surface area contributed by atoms with Gasteiger partial charge in [-0.15, -0.1) is 0 Å². The zero-order valence-electron chi connectivity index (χ0n) is 12.6. The molecule has 0 aliphatic carbocycles. The van der Waals surface area contributed by atoms with Gasteiger partial charge >= 0.3 is 5.97 Å². The molecular weight excluding hydrogens is 288 g/mol. The molecule has 114 valence electrons. The first-order valence-electron chi connectivity index (χ1n) is 7.49. The van der Waals surface area contributed by atoms with E-state index < -0.39 is 11.5 Å². The van der Waals surface area contributed by atoms with E-state index in [0.717, 1.165) is 27.7 Å². The fraction of sp³-hybridized carbons (Fsp3) is 0.105. The van der Waals surface area contributed by atoms with Gasteiger partial charge in [0.15, 0.2) is 0 Å². The third-order valence-corrected chi connectivity index (χ3v) is 4.42. The zero-order chi connectivity index (χ0) is 16.0. The molecule has 0 bridgehead atoms. The molecule has 4 heteroatoms. The van der Waals surface area contributed by atoms with Gasteiger partial charge in [-0.2, -0.15) is 0 Å². The summed E-state index contributed by atoms with van der Waals surface area (Å²) in [5.41, 5.74) is 3.35.